The van der Waals surface area contributed by atoms with Crippen LogP contribution < -0.4 is 9.46 Å². The van der Waals surface area contributed by atoms with Gasteiger partial charge >= 0.3 is 0 Å². The monoisotopic (exact) mass is 495 g/mol. The number of aromatic nitrogens is 6. The van der Waals surface area contributed by atoms with E-state index in [1.165, 1.54) is 33.5 Å². The molecular formula is C20H26ClN7O4S. The molecule has 178 valence electrons. The van der Waals surface area contributed by atoms with E-state index in [0.29, 0.717) is 28.8 Å². The van der Waals surface area contributed by atoms with Crippen LogP contribution in [0.5, 0.6) is 5.88 Å². The topological polar surface area (TPSA) is 134 Å². The Bertz CT molecular complexity index is 1190. The fourth-order valence-electron chi connectivity index (χ4n) is 3.15. The summed E-state index contributed by atoms with van der Waals surface area (Å²) in [7, 11) is -1.08. The first-order valence-electron chi connectivity index (χ1n) is 10.2. The van der Waals surface area contributed by atoms with Gasteiger partial charge in [-0.2, -0.15) is 0 Å². The first kappa shape index (κ1) is 24.8. The zero-order valence-electron chi connectivity index (χ0n) is 18.9. The summed E-state index contributed by atoms with van der Waals surface area (Å²) in [4.78, 5) is 12.6. The number of nitrogens with one attached hydrogen (secondary N) is 1. The fourth-order valence-corrected chi connectivity index (χ4v) is 4.38. The minimum absolute atomic E-state index is 0.0719. The van der Waals surface area contributed by atoms with Gasteiger partial charge in [0.2, 0.25) is 21.9 Å². The summed E-state index contributed by atoms with van der Waals surface area (Å²) in [5, 5.41) is 7.60. The molecule has 13 heteroatoms. The largest absolute Gasteiger partial charge is 0.481 e. The molecule has 33 heavy (non-hydrogen) atoms. The number of hydrogen-bond donors (Lipinski definition) is 1. The predicted octanol–water partition coefficient (Wildman–Crippen LogP) is 3.28. The van der Waals surface area contributed by atoms with Crippen molar-refractivity contribution in [3.8, 4) is 17.4 Å². The van der Waals surface area contributed by atoms with Gasteiger partial charge < -0.3 is 9.47 Å². The van der Waals surface area contributed by atoms with Crippen molar-refractivity contribution >= 4 is 27.6 Å². The van der Waals surface area contributed by atoms with Gasteiger partial charge in [-0.1, -0.05) is 24.6 Å². The van der Waals surface area contributed by atoms with Crippen molar-refractivity contribution in [2.75, 3.05) is 18.9 Å². The highest BCUT2D eigenvalue weighted by Gasteiger charge is 2.34. The molecule has 0 bridgehead atoms. The number of ether oxygens (including phenoxy) is 2. The molecule has 0 aliphatic heterocycles. The van der Waals surface area contributed by atoms with E-state index in [2.05, 4.69) is 29.9 Å². The zero-order chi connectivity index (χ0) is 24.2. The lowest BCUT2D eigenvalue weighted by Gasteiger charge is -2.23. The summed E-state index contributed by atoms with van der Waals surface area (Å²) in [5.74, 6) is 1.10. The molecule has 0 spiro atoms. The maximum atomic E-state index is 13.3. The van der Waals surface area contributed by atoms with Gasteiger partial charge in [0.1, 0.15) is 17.0 Å². The van der Waals surface area contributed by atoms with Gasteiger partial charge in [0, 0.05) is 31.6 Å². The third kappa shape index (κ3) is 5.40. The van der Waals surface area contributed by atoms with E-state index in [4.69, 9.17) is 21.1 Å². The second kappa shape index (κ2) is 10.4. The number of rotatable bonds is 10. The zero-order valence-corrected chi connectivity index (χ0v) is 20.5. The summed E-state index contributed by atoms with van der Waals surface area (Å²) in [6, 6.07) is 5.12. The Labute approximate surface area is 197 Å². The van der Waals surface area contributed by atoms with E-state index in [1.54, 1.807) is 22.8 Å². The normalized spacial score (nSPS) is 14.5. The summed E-state index contributed by atoms with van der Waals surface area (Å²) < 4.78 is 41.4. The molecule has 0 aliphatic rings. The molecular weight excluding hydrogens is 470 g/mol. The number of hydrogen-bond acceptors (Lipinski definition) is 9. The Morgan fingerprint density at radius 2 is 1.85 bits per heavy atom. The highest BCUT2D eigenvalue weighted by Crippen LogP contribution is 2.29. The second-order valence-electron chi connectivity index (χ2n) is 7.31. The van der Waals surface area contributed by atoms with Gasteiger partial charge in [-0.05, 0) is 26.3 Å². The lowest BCUT2D eigenvalue weighted by Crippen LogP contribution is -2.33. The Morgan fingerprint density at radius 3 is 2.45 bits per heavy atom. The van der Waals surface area contributed by atoms with Crippen molar-refractivity contribution in [1.82, 2.24) is 29.7 Å². The average Bonchev–Trinajstić information content (AvgIpc) is 3.23. The Morgan fingerprint density at radius 1 is 1.15 bits per heavy atom. The first-order chi connectivity index (χ1) is 15.7. The number of nitrogens with zero attached hydrogens (tertiary/aromatic N) is 6. The van der Waals surface area contributed by atoms with Gasteiger partial charge in [-0.25, -0.2) is 23.4 Å². The van der Waals surface area contributed by atoms with Crippen LogP contribution >= 0.6 is 11.6 Å². The van der Waals surface area contributed by atoms with Crippen molar-refractivity contribution < 1.29 is 17.9 Å². The molecule has 0 saturated heterocycles. The third-order valence-corrected chi connectivity index (χ3v) is 7.08. The summed E-state index contributed by atoms with van der Waals surface area (Å²) in [5.41, 5.74) is 0.505. The van der Waals surface area contributed by atoms with Crippen molar-refractivity contribution in [3.05, 3.63) is 41.4 Å². The molecule has 3 atom stereocenters. The maximum Gasteiger partial charge on any atom is 0.240 e. The molecule has 0 radical (unpaired) electrons. The molecule has 1 N–H and O–H groups in total. The smallest absolute Gasteiger partial charge is 0.240 e. The van der Waals surface area contributed by atoms with E-state index in [9.17, 15) is 8.42 Å². The molecule has 3 heterocycles. The van der Waals surface area contributed by atoms with Crippen LogP contribution in [-0.2, 0) is 14.8 Å². The van der Waals surface area contributed by atoms with Crippen LogP contribution in [0.25, 0.3) is 11.5 Å². The minimum atomic E-state index is -3.99. The van der Waals surface area contributed by atoms with Crippen LogP contribution in [0.2, 0.25) is 5.02 Å². The van der Waals surface area contributed by atoms with Gasteiger partial charge in [0.05, 0.1) is 12.1 Å². The molecule has 0 aliphatic carbocycles. The Kier molecular flexibility index (Phi) is 7.82. The predicted molar refractivity (Wildman–Crippen MR) is 124 cm³/mol. The van der Waals surface area contributed by atoms with Crippen LogP contribution in [0.4, 0.5) is 5.95 Å². The maximum absolute atomic E-state index is 13.3. The van der Waals surface area contributed by atoms with Crippen molar-refractivity contribution in [2.45, 2.75) is 44.6 Å². The van der Waals surface area contributed by atoms with Crippen LogP contribution in [0, 0.1) is 0 Å². The van der Waals surface area contributed by atoms with Crippen molar-refractivity contribution in [2.24, 2.45) is 0 Å². The average molecular weight is 496 g/mol. The van der Waals surface area contributed by atoms with Crippen LogP contribution in [0.3, 0.4) is 0 Å². The fraction of sp³-hybridized carbons (Fsp3) is 0.450. The van der Waals surface area contributed by atoms with E-state index < -0.39 is 21.4 Å². The molecule has 11 nitrogen and oxygen atoms in total. The lowest BCUT2D eigenvalue weighted by molar-refractivity contribution is 0.0950. The lowest BCUT2D eigenvalue weighted by atomic mass is 10.2. The number of methoxy groups -OCH3 is 2. The summed E-state index contributed by atoms with van der Waals surface area (Å²) in [6.45, 7) is 5.42. The van der Waals surface area contributed by atoms with Crippen molar-refractivity contribution in [3.63, 3.8) is 0 Å². The minimum Gasteiger partial charge on any atom is -0.481 e. The van der Waals surface area contributed by atoms with Gasteiger partial charge in [-0.3, -0.25) is 9.29 Å². The number of pyridine rings is 1. The first-order valence-corrected chi connectivity index (χ1v) is 12.1. The molecule has 0 aromatic carbocycles. The van der Waals surface area contributed by atoms with E-state index in [1.807, 2.05) is 13.8 Å². The van der Waals surface area contributed by atoms with E-state index >= 15 is 0 Å². The highest BCUT2D eigenvalue weighted by molar-refractivity contribution is 7.93. The van der Waals surface area contributed by atoms with Crippen LogP contribution in [0.1, 0.15) is 45.2 Å². The molecule has 0 saturated carbocycles. The molecule has 3 aromatic heterocycles. The molecule has 3 rings (SSSR count). The van der Waals surface area contributed by atoms with Crippen LogP contribution in [0.15, 0.2) is 30.6 Å². The standard InChI is InChI=1S/C20H26ClN7O4S/c1-6-12(2)28-19(15-8-7-9-16(24-15)31-4)25-26-20(28)27-33(29,30)13(3)17(32-5)18-22-10-14(21)11-23-18/h7-13,17H,6H2,1-5H3,(H,26,27)/t12-,13?,17?/m1/s1. The van der Waals surface area contributed by atoms with Gasteiger partial charge in [0.15, 0.2) is 11.6 Å². The summed E-state index contributed by atoms with van der Waals surface area (Å²) in [6.07, 6.45) is 2.54. The quantitative estimate of drug-likeness (QED) is 0.449. The second-order valence-corrected chi connectivity index (χ2v) is 9.78. The van der Waals surface area contributed by atoms with Gasteiger partial charge in [-0.15, -0.1) is 10.2 Å². The Hall–Kier alpha value is -2.83. The highest BCUT2D eigenvalue weighted by atomic mass is 35.5. The van der Waals surface area contributed by atoms with Crippen molar-refractivity contribution in [1.29, 1.82) is 0 Å². The molecule has 3 aromatic rings. The van der Waals surface area contributed by atoms with E-state index in [0.717, 1.165) is 0 Å². The number of sulfonamides is 1. The third-order valence-electron chi connectivity index (χ3n) is 5.19. The molecule has 0 amide bonds. The van der Waals surface area contributed by atoms with E-state index in [-0.39, 0.29) is 17.8 Å². The molecule has 0 fully saturated rings. The number of anilines is 1. The van der Waals surface area contributed by atoms with Gasteiger partial charge in [0.25, 0.3) is 0 Å². The molecule has 2 unspecified atom stereocenters. The van der Waals surface area contributed by atoms with Crippen LogP contribution in [-0.4, -0.2) is 57.6 Å². The Balaban J connectivity index is 1.97. The summed E-state index contributed by atoms with van der Waals surface area (Å²) >= 11 is 5.84. The SMILES string of the molecule is CC[C@@H](C)n1c(NS(=O)(=O)C(C)C(OC)c2ncc(Cl)cn2)nnc1-c1cccc(OC)n1. The number of halogens is 1.